The van der Waals surface area contributed by atoms with Crippen LogP contribution in [0.5, 0.6) is 0 Å². The minimum atomic E-state index is -1.41. The van der Waals surface area contributed by atoms with Crippen LogP contribution in [0, 0.1) is 10.1 Å². The van der Waals surface area contributed by atoms with Crippen molar-refractivity contribution in [2.24, 2.45) is 0 Å². The molecule has 0 spiro atoms. The van der Waals surface area contributed by atoms with E-state index in [1.54, 1.807) is 6.07 Å². The minimum Gasteiger partial charge on any atom is -0.478 e. The van der Waals surface area contributed by atoms with E-state index in [9.17, 15) is 19.1 Å². The van der Waals surface area contributed by atoms with Crippen LogP contribution in [-0.2, 0) is 16.6 Å². The number of carboxylic acid groups (broad SMARTS) is 1. The van der Waals surface area contributed by atoms with E-state index in [-0.39, 0.29) is 17.0 Å². The first-order valence-electron chi connectivity index (χ1n) is 5.92. The fraction of sp³-hybridized carbons (Fsp3) is 0.0714. The standard InChI is InChI=1S/C14H11NO5S/c16-14(17)11-2-1-3-13(8-11)21(20)9-10-4-6-12(7-5-10)15(18)19/h1-8H,9H2,(H,16,17). The van der Waals surface area contributed by atoms with Gasteiger partial charge in [-0.3, -0.25) is 14.3 Å². The number of benzene rings is 2. The predicted molar refractivity (Wildman–Crippen MR) is 76.6 cm³/mol. The first kappa shape index (κ1) is 14.9. The Morgan fingerprint density at radius 2 is 1.86 bits per heavy atom. The van der Waals surface area contributed by atoms with Gasteiger partial charge in [0.1, 0.15) is 0 Å². The van der Waals surface area contributed by atoms with Gasteiger partial charge in [-0.1, -0.05) is 18.2 Å². The summed E-state index contributed by atoms with van der Waals surface area (Å²) in [5, 5.41) is 19.4. The van der Waals surface area contributed by atoms with Gasteiger partial charge in [0, 0.05) is 17.0 Å². The van der Waals surface area contributed by atoms with Crippen LogP contribution < -0.4 is 0 Å². The molecule has 1 atom stereocenters. The second kappa shape index (κ2) is 6.27. The average Bonchev–Trinajstić information content (AvgIpc) is 2.48. The van der Waals surface area contributed by atoms with Gasteiger partial charge in [-0.15, -0.1) is 0 Å². The number of non-ortho nitro benzene ring substituents is 1. The van der Waals surface area contributed by atoms with Crippen LogP contribution in [0.15, 0.2) is 53.4 Å². The van der Waals surface area contributed by atoms with E-state index >= 15 is 0 Å². The molecule has 0 amide bonds. The fourth-order valence-electron chi connectivity index (χ4n) is 1.72. The molecule has 0 fully saturated rings. The first-order valence-corrected chi connectivity index (χ1v) is 7.24. The Balaban J connectivity index is 2.16. The summed E-state index contributed by atoms with van der Waals surface area (Å²) in [4.78, 5) is 21.3. The molecular weight excluding hydrogens is 294 g/mol. The van der Waals surface area contributed by atoms with E-state index in [4.69, 9.17) is 5.11 Å². The van der Waals surface area contributed by atoms with Gasteiger partial charge in [0.25, 0.3) is 5.69 Å². The molecule has 21 heavy (non-hydrogen) atoms. The smallest absolute Gasteiger partial charge is 0.335 e. The number of rotatable bonds is 5. The number of nitro benzene ring substituents is 1. The maximum absolute atomic E-state index is 12.2. The summed E-state index contributed by atoms with van der Waals surface area (Å²) in [5.74, 6) is -0.912. The Labute approximate surface area is 122 Å². The molecule has 2 aromatic rings. The number of nitrogens with zero attached hydrogens (tertiary/aromatic N) is 1. The van der Waals surface area contributed by atoms with E-state index in [0.717, 1.165) is 0 Å². The second-order valence-electron chi connectivity index (χ2n) is 4.25. The Kier molecular flexibility index (Phi) is 4.44. The highest BCUT2D eigenvalue weighted by Crippen LogP contribution is 2.17. The molecule has 0 aromatic heterocycles. The third-order valence-corrected chi connectivity index (χ3v) is 4.16. The molecule has 0 saturated heterocycles. The Hall–Kier alpha value is -2.54. The van der Waals surface area contributed by atoms with E-state index < -0.39 is 21.7 Å². The third-order valence-electron chi connectivity index (χ3n) is 2.79. The van der Waals surface area contributed by atoms with E-state index in [2.05, 4.69) is 0 Å². The SMILES string of the molecule is O=C(O)c1cccc(S(=O)Cc2ccc([N+](=O)[O-])cc2)c1. The molecule has 7 heteroatoms. The molecule has 1 N–H and O–H groups in total. The van der Waals surface area contributed by atoms with Crippen molar-refractivity contribution in [2.75, 3.05) is 0 Å². The molecule has 0 aliphatic heterocycles. The van der Waals surface area contributed by atoms with Crippen LogP contribution in [0.4, 0.5) is 5.69 Å². The number of carbonyl (C=O) groups is 1. The highest BCUT2D eigenvalue weighted by molar-refractivity contribution is 7.84. The summed E-state index contributed by atoms with van der Waals surface area (Å²) in [5.41, 5.74) is 0.724. The van der Waals surface area contributed by atoms with Gasteiger partial charge >= 0.3 is 5.97 Å². The van der Waals surface area contributed by atoms with Crippen molar-refractivity contribution in [3.8, 4) is 0 Å². The maximum Gasteiger partial charge on any atom is 0.335 e. The van der Waals surface area contributed by atoms with Crippen molar-refractivity contribution in [1.82, 2.24) is 0 Å². The molecule has 2 rings (SSSR count). The van der Waals surface area contributed by atoms with Gasteiger partial charge in [-0.25, -0.2) is 4.79 Å². The highest BCUT2D eigenvalue weighted by atomic mass is 32.2. The van der Waals surface area contributed by atoms with Gasteiger partial charge in [-0.05, 0) is 23.8 Å². The summed E-state index contributed by atoms with van der Waals surface area (Å²) < 4.78 is 12.2. The summed E-state index contributed by atoms with van der Waals surface area (Å²) in [6.45, 7) is 0. The van der Waals surface area contributed by atoms with Crippen LogP contribution in [0.3, 0.4) is 0 Å². The number of carboxylic acids is 1. The number of nitro groups is 1. The summed E-state index contributed by atoms with van der Waals surface area (Å²) in [7, 11) is -1.41. The zero-order valence-corrected chi connectivity index (χ0v) is 11.6. The van der Waals surface area contributed by atoms with E-state index in [1.165, 1.54) is 42.5 Å². The van der Waals surface area contributed by atoms with Crippen molar-refractivity contribution < 1.29 is 19.0 Å². The topological polar surface area (TPSA) is 97.5 Å². The average molecular weight is 305 g/mol. The largest absolute Gasteiger partial charge is 0.478 e. The maximum atomic E-state index is 12.2. The number of aromatic carboxylic acids is 1. The third kappa shape index (κ3) is 3.73. The van der Waals surface area contributed by atoms with Crippen LogP contribution in [0.25, 0.3) is 0 Å². The molecule has 0 aliphatic rings. The molecular formula is C14H11NO5S. The molecule has 0 radical (unpaired) electrons. The Bertz CT molecular complexity index is 712. The van der Waals surface area contributed by atoms with Crippen LogP contribution >= 0.6 is 0 Å². The van der Waals surface area contributed by atoms with Gasteiger partial charge < -0.3 is 5.11 Å². The fourth-order valence-corrected chi connectivity index (χ4v) is 2.87. The van der Waals surface area contributed by atoms with Gasteiger partial charge in [0.05, 0.1) is 27.0 Å². The van der Waals surface area contributed by atoms with E-state index in [1.807, 2.05) is 0 Å². The molecule has 0 aliphatic carbocycles. The molecule has 2 aromatic carbocycles. The van der Waals surface area contributed by atoms with Crippen molar-refractivity contribution in [1.29, 1.82) is 0 Å². The highest BCUT2D eigenvalue weighted by Gasteiger charge is 2.10. The Morgan fingerprint density at radius 1 is 1.19 bits per heavy atom. The lowest BCUT2D eigenvalue weighted by Crippen LogP contribution is -2.01. The van der Waals surface area contributed by atoms with Crippen molar-refractivity contribution in [3.05, 3.63) is 69.8 Å². The molecule has 1 unspecified atom stereocenters. The summed E-state index contributed by atoms with van der Waals surface area (Å²) in [6, 6.07) is 11.7. The molecule has 108 valence electrons. The normalized spacial score (nSPS) is 11.8. The van der Waals surface area contributed by atoms with E-state index in [0.29, 0.717) is 10.5 Å². The summed E-state index contributed by atoms with van der Waals surface area (Å²) >= 11 is 0. The molecule has 0 heterocycles. The molecule has 0 saturated carbocycles. The monoisotopic (exact) mass is 305 g/mol. The first-order chi connectivity index (χ1) is 9.97. The van der Waals surface area contributed by atoms with Crippen LogP contribution in [-0.4, -0.2) is 20.2 Å². The Morgan fingerprint density at radius 3 is 2.43 bits per heavy atom. The lowest BCUT2D eigenvalue weighted by molar-refractivity contribution is -0.384. The predicted octanol–water partition coefficient (Wildman–Crippen LogP) is 2.60. The van der Waals surface area contributed by atoms with Crippen molar-refractivity contribution in [3.63, 3.8) is 0 Å². The molecule has 6 nitrogen and oxygen atoms in total. The van der Waals surface area contributed by atoms with Crippen LogP contribution in [0.1, 0.15) is 15.9 Å². The number of hydrogen-bond donors (Lipinski definition) is 1. The van der Waals surface area contributed by atoms with Gasteiger partial charge in [-0.2, -0.15) is 0 Å². The quantitative estimate of drug-likeness (QED) is 0.676. The van der Waals surface area contributed by atoms with Gasteiger partial charge in [0.2, 0.25) is 0 Å². The number of hydrogen-bond acceptors (Lipinski definition) is 4. The van der Waals surface area contributed by atoms with Crippen LogP contribution in [0.2, 0.25) is 0 Å². The lowest BCUT2D eigenvalue weighted by Gasteiger charge is -2.04. The second-order valence-corrected chi connectivity index (χ2v) is 5.70. The zero-order chi connectivity index (χ0) is 15.4. The minimum absolute atomic E-state index is 0.0302. The van der Waals surface area contributed by atoms with Crippen molar-refractivity contribution >= 4 is 22.5 Å². The zero-order valence-electron chi connectivity index (χ0n) is 10.8. The molecule has 0 bridgehead atoms. The van der Waals surface area contributed by atoms with Crippen molar-refractivity contribution in [2.45, 2.75) is 10.6 Å². The summed E-state index contributed by atoms with van der Waals surface area (Å²) in [6.07, 6.45) is 0. The lowest BCUT2D eigenvalue weighted by atomic mass is 10.2. The van der Waals surface area contributed by atoms with Gasteiger partial charge in [0.15, 0.2) is 0 Å².